The van der Waals surface area contributed by atoms with E-state index in [1.54, 1.807) is 0 Å². The zero-order chi connectivity index (χ0) is 16.2. The third-order valence-electron chi connectivity index (χ3n) is 3.70. The van der Waals surface area contributed by atoms with Crippen molar-refractivity contribution in [3.8, 4) is 0 Å². The molecule has 0 aliphatic carbocycles. The second-order valence-electron chi connectivity index (χ2n) is 5.25. The van der Waals surface area contributed by atoms with Gasteiger partial charge in [-0.05, 0) is 37.3 Å². The van der Waals surface area contributed by atoms with Gasteiger partial charge < -0.3 is 10.1 Å². The van der Waals surface area contributed by atoms with Crippen LogP contribution in [0.5, 0.6) is 0 Å². The maximum Gasteiger partial charge on any atom is 0.293 e. The number of anilines is 1. The van der Waals surface area contributed by atoms with E-state index in [0.29, 0.717) is 18.2 Å². The summed E-state index contributed by atoms with van der Waals surface area (Å²) in [4.78, 5) is 10.2. The Hall–Kier alpha value is -1.71. The summed E-state index contributed by atoms with van der Waals surface area (Å²) in [5.74, 6) is 0.545. The molecule has 1 aromatic rings. The molecular formula is C13H19N3O5S. The predicted octanol–water partition coefficient (Wildman–Crippen LogP) is 1.47. The van der Waals surface area contributed by atoms with Gasteiger partial charge in [0.25, 0.3) is 5.69 Å². The van der Waals surface area contributed by atoms with E-state index < -0.39 is 14.9 Å². The van der Waals surface area contributed by atoms with Crippen LogP contribution in [0.25, 0.3) is 0 Å². The summed E-state index contributed by atoms with van der Waals surface area (Å²) >= 11 is 0. The highest BCUT2D eigenvalue weighted by molar-refractivity contribution is 7.89. The fourth-order valence-corrected chi connectivity index (χ4v) is 2.97. The molecule has 122 valence electrons. The van der Waals surface area contributed by atoms with Gasteiger partial charge in [-0.1, -0.05) is 0 Å². The molecule has 8 nitrogen and oxygen atoms in total. The number of nitro benzene ring substituents is 1. The van der Waals surface area contributed by atoms with Gasteiger partial charge in [0.1, 0.15) is 5.69 Å². The minimum atomic E-state index is -3.96. The number of primary sulfonamides is 1. The lowest BCUT2D eigenvalue weighted by atomic mass is 9.97. The Kier molecular flexibility index (Phi) is 5.33. The SMILES string of the molecule is NS(=O)(=O)c1ccc(NCCC2CCOCC2)c([N+](=O)[O-])c1. The minimum Gasteiger partial charge on any atom is -0.381 e. The van der Waals surface area contributed by atoms with Crippen LogP contribution in [0, 0.1) is 16.0 Å². The molecule has 1 aliphatic rings. The van der Waals surface area contributed by atoms with E-state index in [0.717, 1.165) is 38.5 Å². The number of nitrogens with one attached hydrogen (secondary N) is 1. The summed E-state index contributed by atoms with van der Waals surface area (Å²) in [6.45, 7) is 2.10. The summed E-state index contributed by atoms with van der Waals surface area (Å²) in [5.41, 5.74) is 0.00274. The molecule has 1 aliphatic heterocycles. The van der Waals surface area contributed by atoms with Crippen molar-refractivity contribution in [3.05, 3.63) is 28.3 Å². The Bertz CT molecular complexity index is 641. The zero-order valence-corrected chi connectivity index (χ0v) is 12.8. The highest BCUT2D eigenvalue weighted by atomic mass is 32.2. The highest BCUT2D eigenvalue weighted by Gasteiger charge is 2.19. The number of hydrogen-bond acceptors (Lipinski definition) is 6. The number of sulfonamides is 1. The molecule has 1 heterocycles. The number of nitrogens with two attached hydrogens (primary N) is 1. The molecule has 0 amide bonds. The quantitative estimate of drug-likeness (QED) is 0.601. The van der Waals surface area contributed by atoms with Gasteiger partial charge in [0.2, 0.25) is 10.0 Å². The first-order chi connectivity index (χ1) is 10.4. The molecule has 3 N–H and O–H groups in total. The molecule has 0 bridgehead atoms. The Labute approximate surface area is 128 Å². The lowest BCUT2D eigenvalue weighted by molar-refractivity contribution is -0.384. The van der Waals surface area contributed by atoms with Crippen molar-refractivity contribution in [1.29, 1.82) is 0 Å². The predicted molar refractivity (Wildman–Crippen MR) is 81.1 cm³/mol. The van der Waals surface area contributed by atoms with Crippen molar-refractivity contribution in [2.75, 3.05) is 25.1 Å². The van der Waals surface area contributed by atoms with Gasteiger partial charge in [0, 0.05) is 25.8 Å². The molecule has 0 aromatic heterocycles. The molecule has 0 saturated carbocycles. The minimum absolute atomic E-state index is 0.269. The molecule has 0 atom stereocenters. The number of rotatable bonds is 6. The first-order valence-electron chi connectivity index (χ1n) is 7.01. The van der Waals surface area contributed by atoms with Gasteiger partial charge in [-0.3, -0.25) is 10.1 Å². The summed E-state index contributed by atoms with van der Waals surface area (Å²) < 4.78 is 27.8. The van der Waals surface area contributed by atoms with Crippen LogP contribution in [0.2, 0.25) is 0 Å². The van der Waals surface area contributed by atoms with E-state index in [1.165, 1.54) is 12.1 Å². The Morgan fingerprint density at radius 3 is 2.64 bits per heavy atom. The van der Waals surface area contributed by atoms with Gasteiger partial charge in [-0.15, -0.1) is 0 Å². The zero-order valence-electron chi connectivity index (χ0n) is 12.0. The maximum absolute atomic E-state index is 11.3. The highest BCUT2D eigenvalue weighted by Crippen LogP contribution is 2.27. The Morgan fingerprint density at radius 1 is 1.36 bits per heavy atom. The molecule has 1 saturated heterocycles. The van der Waals surface area contributed by atoms with Gasteiger partial charge >= 0.3 is 0 Å². The maximum atomic E-state index is 11.3. The van der Waals surface area contributed by atoms with Gasteiger partial charge in [0.15, 0.2) is 0 Å². The lowest BCUT2D eigenvalue weighted by Crippen LogP contribution is -2.18. The van der Waals surface area contributed by atoms with Crippen molar-refractivity contribution in [1.82, 2.24) is 0 Å². The van der Waals surface area contributed by atoms with Crippen molar-refractivity contribution in [3.63, 3.8) is 0 Å². The van der Waals surface area contributed by atoms with Crippen molar-refractivity contribution < 1.29 is 18.1 Å². The van der Waals surface area contributed by atoms with Crippen molar-refractivity contribution >= 4 is 21.4 Å². The fraction of sp³-hybridized carbons (Fsp3) is 0.538. The molecular weight excluding hydrogens is 310 g/mol. The van der Waals surface area contributed by atoms with E-state index in [4.69, 9.17) is 9.88 Å². The topological polar surface area (TPSA) is 125 Å². The summed E-state index contributed by atoms with van der Waals surface area (Å²) in [7, 11) is -3.96. The average Bonchev–Trinajstić information content (AvgIpc) is 2.47. The van der Waals surface area contributed by atoms with Crippen LogP contribution < -0.4 is 10.5 Å². The second kappa shape index (κ2) is 7.03. The number of hydrogen-bond donors (Lipinski definition) is 2. The standard InChI is InChI=1S/C13H19N3O5S/c14-22(19,20)11-1-2-12(13(9-11)16(17)18)15-6-3-10-4-7-21-8-5-10/h1-2,9-10,15H,3-8H2,(H2,14,19,20). The first-order valence-corrected chi connectivity index (χ1v) is 8.55. The molecule has 0 spiro atoms. The van der Waals surface area contributed by atoms with Crippen molar-refractivity contribution in [2.45, 2.75) is 24.2 Å². The van der Waals surface area contributed by atoms with Crippen LogP contribution in [0.3, 0.4) is 0 Å². The van der Waals surface area contributed by atoms with E-state index in [9.17, 15) is 18.5 Å². The Morgan fingerprint density at radius 2 is 2.05 bits per heavy atom. The molecule has 2 rings (SSSR count). The summed E-state index contributed by atoms with van der Waals surface area (Å²) in [6, 6.07) is 3.62. The second-order valence-corrected chi connectivity index (χ2v) is 6.81. The van der Waals surface area contributed by atoms with Crippen LogP contribution in [0.1, 0.15) is 19.3 Å². The third-order valence-corrected chi connectivity index (χ3v) is 4.61. The molecule has 9 heteroatoms. The number of benzene rings is 1. The molecule has 22 heavy (non-hydrogen) atoms. The molecule has 0 radical (unpaired) electrons. The molecule has 1 aromatic carbocycles. The van der Waals surface area contributed by atoms with E-state index in [-0.39, 0.29) is 10.6 Å². The van der Waals surface area contributed by atoms with Gasteiger partial charge in [0.05, 0.1) is 9.82 Å². The smallest absolute Gasteiger partial charge is 0.293 e. The van der Waals surface area contributed by atoms with Crippen molar-refractivity contribution in [2.24, 2.45) is 11.1 Å². The normalized spacial score (nSPS) is 16.4. The molecule has 1 fully saturated rings. The third kappa shape index (κ3) is 4.39. The lowest BCUT2D eigenvalue weighted by Gasteiger charge is -2.22. The van der Waals surface area contributed by atoms with Crippen LogP contribution in [0.15, 0.2) is 23.1 Å². The number of nitro groups is 1. The summed E-state index contributed by atoms with van der Waals surface area (Å²) in [6.07, 6.45) is 2.87. The number of nitrogens with zero attached hydrogens (tertiary/aromatic N) is 1. The van der Waals surface area contributed by atoms with E-state index in [2.05, 4.69) is 5.32 Å². The van der Waals surface area contributed by atoms with E-state index in [1.807, 2.05) is 0 Å². The number of ether oxygens (including phenoxy) is 1. The fourth-order valence-electron chi connectivity index (χ4n) is 2.44. The Balaban J connectivity index is 2.05. The van der Waals surface area contributed by atoms with Crippen LogP contribution in [0.4, 0.5) is 11.4 Å². The van der Waals surface area contributed by atoms with Crippen LogP contribution >= 0.6 is 0 Å². The largest absolute Gasteiger partial charge is 0.381 e. The van der Waals surface area contributed by atoms with E-state index >= 15 is 0 Å². The molecule has 0 unspecified atom stereocenters. The van der Waals surface area contributed by atoms with Gasteiger partial charge in [-0.25, -0.2) is 13.6 Å². The van der Waals surface area contributed by atoms with Crippen LogP contribution in [-0.2, 0) is 14.8 Å². The van der Waals surface area contributed by atoms with Gasteiger partial charge in [-0.2, -0.15) is 0 Å². The summed E-state index contributed by atoms with van der Waals surface area (Å²) in [5, 5.41) is 19.1. The van der Waals surface area contributed by atoms with Crippen LogP contribution in [-0.4, -0.2) is 33.1 Å². The average molecular weight is 329 g/mol. The monoisotopic (exact) mass is 329 g/mol. The first kappa shape index (κ1) is 16.7.